The summed E-state index contributed by atoms with van der Waals surface area (Å²) in [5, 5.41) is 17.7. The monoisotopic (exact) mass is 493 g/mol. The highest BCUT2D eigenvalue weighted by molar-refractivity contribution is 7.12. The summed E-state index contributed by atoms with van der Waals surface area (Å²) in [4.78, 5) is 15.6. The number of thiazole rings is 1. The number of aliphatic hydroxyl groups excluding tert-OH is 1. The topological polar surface area (TPSA) is 92.2 Å². The smallest absolute Gasteiger partial charge is 0.225 e. The van der Waals surface area contributed by atoms with Crippen molar-refractivity contribution in [2.45, 2.75) is 58.5 Å². The number of nitrogens with zero attached hydrogens (tertiary/aromatic N) is 3. The molecule has 1 fully saturated rings. The van der Waals surface area contributed by atoms with E-state index in [0.29, 0.717) is 24.9 Å². The van der Waals surface area contributed by atoms with Crippen LogP contribution in [0.3, 0.4) is 0 Å². The van der Waals surface area contributed by atoms with Gasteiger partial charge in [0.2, 0.25) is 5.95 Å². The molecular weight excluding hydrogens is 458 g/mol. The quantitative estimate of drug-likeness (QED) is 0.411. The maximum atomic E-state index is 9.60. The SMILES string of the molecule is C=Cc1nc(Cc2c(C)nc(NC(C)C3=CC=CCO3)nc2NC2CCC(CO)C2)sc1/C=C\C. The molecule has 0 amide bonds. The van der Waals surface area contributed by atoms with Crippen LogP contribution in [0.15, 0.2) is 36.6 Å². The third kappa shape index (κ3) is 6.18. The van der Waals surface area contributed by atoms with Gasteiger partial charge in [-0.1, -0.05) is 18.7 Å². The van der Waals surface area contributed by atoms with Crippen LogP contribution in [0.2, 0.25) is 0 Å². The van der Waals surface area contributed by atoms with E-state index in [4.69, 9.17) is 19.7 Å². The molecule has 0 saturated heterocycles. The van der Waals surface area contributed by atoms with Crippen LogP contribution in [0.1, 0.15) is 59.9 Å². The van der Waals surface area contributed by atoms with Crippen LogP contribution in [-0.2, 0) is 11.2 Å². The van der Waals surface area contributed by atoms with Gasteiger partial charge in [-0.3, -0.25) is 0 Å². The third-order valence-electron chi connectivity index (χ3n) is 6.43. The lowest BCUT2D eigenvalue weighted by Crippen LogP contribution is -2.24. The first-order valence-electron chi connectivity index (χ1n) is 12.3. The van der Waals surface area contributed by atoms with Crippen molar-refractivity contribution < 1.29 is 9.84 Å². The van der Waals surface area contributed by atoms with Crippen LogP contribution in [0.25, 0.3) is 12.2 Å². The van der Waals surface area contributed by atoms with Crippen LogP contribution >= 0.6 is 11.3 Å². The molecule has 4 rings (SSSR count). The van der Waals surface area contributed by atoms with Crippen LogP contribution in [0, 0.1) is 12.8 Å². The molecule has 1 aliphatic carbocycles. The average Bonchev–Trinajstić information content (AvgIpc) is 3.48. The molecule has 1 aliphatic heterocycles. The second kappa shape index (κ2) is 11.6. The summed E-state index contributed by atoms with van der Waals surface area (Å²) in [5.41, 5.74) is 2.86. The minimum Gasteiger partial charge on any atom is -0.492 e. The molecule has 35 heavy (non-hydrogen) atoms. The highest BCUT2D eigenvalue weighted by Crippen LogP contribution is 2.32. The Morgan fingerprint density at radius 2 is 2.17 bits per heavy atom. The molecule has 7 nitrogen and oxygen atoms in total. The van der Waals surface area contributed by atoms with Crippen LogP contribution in [0.4, 0.5) is 11.8 Å². The first-order valence-corrected chi connectivity index (χ1v) is 13.1. The van der Waals surface area contributed by atoms with Crippen molar-refractivity contribution >= 4 is 35.3 Å². The number of anilines is 2. The lowest BCUT2D eigenvalue weighted by Gasteiger charge is -2.22. The Kier molecular flexibility index (Phi) is 8.36. The fourth-order valence-corrected chi connectivity index (χ4v) is 5.59. The first-order chi connectivity index (χ1) is 17.0. The predicted molar refractivity (Wildman–Crippen MR) is 145 cm³/mol. The second-order valence-electron chi connectivity index (χ2n) is 9.07. The first kappa shape index (κ1) is 25.1. The number of hydrogen-bond acceptors (Lipinski definition) is 8. The van der Waals surface area contributed by atoms with Gasteiger partial charge in [-0.15, -0.1) is 11.3 Å². The lowest BCUT2D eigenvalue weighted by molar-refractivity contribution is 0.228. The van der Waals surface area contributed by atoms with Gasteiger partial charge in [-0.05, 0) is 70.3 Å². The lowest BCUT2D eigenvalue weighted by atomic mass is 10.1. The molecule has 3 atom stereocenters. The zero-order chi connectivity index (χ0) is 24.8. The van der Waals surface area contributed by atoms with E-state index in [0.717, 1.165) is 57.7 Å². The largest absolute Gasteiger partial charge is 0.492 e. The molecule has 8 heteroatoms. The summed E-state index contributed by atoms with van der Waals surface area (Å²) in [7, 11) is 0. The normalized spacial score (nSPS) is 20.5. The Balaban J connectivity index is 1.63. The maximum Gasteiger partial charge on any atom is 0.225 e. The Morgan fingerprint density at radius 3 is 2.86 bits per heavy atom. The molecule has 186 valence electrons. The Morgan fingerprint density at radius 1 is 1.31 bits per heavy atom. The van der Waals surface area contributed by atoms with E-state index in [1.165, 1.54) is 0 Å². The molecule has 0 spiro atoms. The predicted octanol–water partition coefficient (Wildman–Crippen LogP) is 5.35. The summed E-state index contributed by atoms with van der Waals surface area (Å²) < 4.78 is 5.75. The van der Waals surface area contributed by atoms with Crippen molar-refractivity contribution in [1.29, 1.82) is 0 Å². The van der Waals surface area contributed by atoms with Gasteiger partial charge in [0.05, 0.1) is 21.6 Å². The molecule has 0 radical (unpaired) electrons. The van der Waals surface area contributed by atoms with Crippen LogP contribution in [-0.4, -0.2) is 45.4 Å². The molecule has 2 aromatic rings. The summed E-state index contributed by atoms with van der Waals surface area (Å²) >= 11 is 1.67. The van der Waals surface area contributed by atoms with Gasteiger partial charge in [-0.25, -0.2) is 9.97 Å². The highest BCUT2D eigenvalue weighted by Gasteiger charge is 2.26. The number of aromatic nitrogens is 3. The third-order valence-corrected chi connectivity index (χ3v) is 7.47. The number of aryl methyl sites for hydroxylation is 1. The van der Waals surface area contributed by atoms with Crippen molar-refractivity contribution in [3.63, 3.8) is 0 Å². The minimum atomic E-state index is -0.0548. The minimum absolute atomic E-state index is 0.0548. The molecule has 2 aromatic heterocycles. The van der Waals surface area contributed by atoms with Crippen molar-refractivity contribution in [1.82, 2.24) is 15.0 Å². The maximum absolute atomic E-state index is 9.60. The van der Waals surface area contributed by atoms with Crippen LogP contribution in [0.5, 0.6) is 0 Å². The van der Waals surface area contributed by atoms with Gasteiger partial charge in [0.25, 0.3) is 0 Å². The molecule has 3 unspecified atom stereocenters. The number of rotatable bonds is 10. The Hall–Kier alpha value is -2.97. The van der Waals surface area contributed by atoms with E-state index in [1.54, 1.807) is 17.4 Å². The van der Waals surface area contributed by atoms with Crippen molar-refractivity contribution in [3.05, 3.63) is 63.5 Å². The van der Waals surface area contributed by atoms with E-state index >= 15 is 0 Å². The van der Waals surface area contributed by atoms with Gasteiger partial charge in [0.15, 0.2) is 0 Å². The molecule has 0 aromatic carbocycles. The Bertz CT molecular complexity index is 1140. The van der Waals surface area contributed by atoms with Crippen molar-refractivity contribution in [2.75, 3.05) is 23.8 Å². The molecule has 1 saturated carbocycles. The molecular formula is C27H35N5O2S. The van der Waals surface area contributed by atoms with E-state index in [9.17, 15) is 5.11 Å². The fourth-order valence-electron chi connectivity index (χ4n) is 4.54. The number of aliphatic hydroxyl groups is 1. The van der Waals surface area contributed by atoms with Gasteiger partial charge >= 0.3 is 0 Å². The van der Waals surface area contributed by atoms with E-state index < -0.39 is 0 Å². The molecule has 0 bridgehead atoms. The average molecular weight is 494 g/mol. The van der Waals surface area contributed by atoms with E-state index in [-0.39, 0.29) is 18.7 Å². The van der Waals surface area contributed by atoms with Crippen LogP contribution < -0.4 is 10.6 Å². The number of nitrogens with one attached hydrogen (secondary N) is 2. The van der Waals surface area contributed by atoms with E-state index in [2.05, 4.69) is 23.3 Å². The van der Waals surface area contributed by atoms with Gasteiger partial charge in [0, 0.05) is 30.3 Å². The fraction of sp³-hybridized carbons (Fsp3) is 0.444. The zero-order valence-corrected chi connectivity index (χ0v) is 21.6. The Labute approximate surface area is 211 Å². The van der Waals surface area contributed by atoms with Crippen molar-refractivity contribution in [3.8, 4) is 0 Å². The van der Waals surface area contributed by atoms with Gasteiger partial charge in [-0.2, -0.15) is 4.98 Å². The number of ether oxygens (including phenoxy) is 1. The summed E-state index contributed by atoms with van der Waals surface area (Å²) in [6.07, 6.45) is 15.5. The highest BCUT2D eigenvalue weighted by atomic mass is 32.1. The zero-order valence-electron chi connectivity index (χ0n) is 20.8. The number of hydrogen-bond donors (Lipinski definition) is 3. The second-order valence-corrected chi connectivity index (χ2v) is 10.2. The standard InChI is InChI=1S/C27H35N5O2S/c1-5-9-24-22(6-2)31-25(35-24)15-21-17(3)28-27(29-18(4)23-10-7-8-13-34-23)32-26(21)30-20-12-11-19(14-20)16-33/h5-10,18-20,33H,2,11-16H2,1,3-4H3,(H2,28,29,30,32)/b9-5-. The van der Waals surface area contributed by atoms with E-state index in [1.807, 2.05) is 45.1 Å². The van der Waals surface area contributed by atoms with Crippen molar-refractivity contribution in [2.24, 2.45) is 5.92 Å². The van der Waals surface area contributed by atoms with Gasteiger partial charge < -0.3 is 20.5 Å². The van der Waals surface area contributed by atoms with Gasteiger partial charge in [0.1, 0.15) is 18.2 Å². The summed E-state index contributed by atoms with van der Waals surface area (Å²) in [6.45, 7) is 10.8. The summed E-state index contributed by atoms with van der Waals surface area (Å²) in [5.74, 6) is 2.61. The summed E-state index contributed by atoms with van der Waals surface area (Å²) in [6, 6.07) is 0.222. The number of allylic oxidation sites excluding steroid dienone is 3. The molecule has 3 N–H and O–H groups in total. The molecule has 3 heterocycles. The molecule has 2 aliphatic rings.